The van der Waals surface area contributed by atoms with Gasteiger partial charge in [0.2, 0.25) is 11.0 Å². The minimum absolute atomic E-state index is 0.0130. The first-order valence-electron chi connectivity index (χ1n) is 6.93. The number of nitrogens with one attached hydrogen (secondary N) is 1. The maximum atomic E-state index is 12.3. The van der Waals surface area contributed by atoms with Gasteiger partial charge in [0.25, 0.3) is 0 Å². The Labute approximate surface area is 126 Å². The van der Waals surface area contributed by atoms with Crippen molar-refractivity contribution >= 4 is 28.3 Å². The number of carbonyl (C=O) groups is 2. The Hall–Kier alpha value is -1.54. The molecule has 2 aliphatic rings. The summed E-state index contributed by atoms with van der Waals surface area (Å²) >= 11 is 1.31. The first-order valence-corrected chi connectivity index (χ1v) is 7.75. The monoisotopic (exact) mass is 311 g/mol. The zero-order chi connectivity index (χ0) is 15.0. The first-order chi connectivity index (χ1) is 9.95. The van der Waals surface area contributed by atoms with E-state index in [1.165, 1.54) is 11.3 Å². The van der Waals surface area contributed by atoms with Crippen LogP contribution in [0.1, 0.15) is 44.2 Å². The minimum Gasteiger partial charge on any atom is -0.459 e. The van der Waals surface area contributed by atoms with Gasteiger partial charge in [0, 0.05) is 6.61 Å². The van der Waals surface area contributed by atoms with Gasteiger partial charge in [-0.1, -0.05) is 11.3 Å². The van der Waals surface area contributed by atoms with Crippen LogP contribution in [-0.2, 0) is 19.1 Å². The van der Waals surface area contributed by atoms with Gasteiger partial charge in [0.05, 0.1) is 12.3 Å². The summed E-state index contributed by atoms with van der Waals surface area (Å²) in [6, 6.07) is 0. The molecule has 0 radical (unpaired) electrons. The third-order valence-electron chi connectivity index (χ3n) is 3.78. The van der Waals surface area contributed by atoms with Gasteiger partial charge in [-0.15, -0.1) is 10.2 Å². The first kappa shape index (κ1) is 14.4. The maximum absolute atomic E-state index is 12.3. The molecule has 2 atom stereocenters. The fourth-order valence-corrected chi connectivity index (χ4v) is 3.44. The number of esters is 1. The van der Waals surface area contributed by atoms with Crippen molar-refractivity contribution in [3.63, 3.8) is 0 Å². The predicted molar refractivity (Wildman–Crippen MR) is 74.7 cm³/mol. The van der Waals surface area contributed by atoms with Crippen LogP contribution in [0.2, 0.25) is 0 Å². The van der Waals surface area contributed by atoms with Crippen molar-refractivity contribution in [1.29, 1.82) is 0 Å². The number of anilines is 1. The highest BCUT2D eigenvalue weighted by Crippen LogP contribution is 2.35. The molecule has 7 nitrogen and oxygen atoms in total. The number of amides is 1. The topological polar surface area (TPSA) is 90.4 Å². The van der Waals surface area contributed by atoms with Gasteiger partial charge in [-0.25, -0.2) is 0 Å². The summed E-state index contributed by atoms with van der Waals surface area (Å²) in [6.07, 6.45) is 2.03. The second-order valence-electron chi connectivity index (χ2n) is 5.77. The molecule has 0 aliphatic carbocycles. The summed E-state index contributed by atoms with van der Waals surface area (Å²) in [4.78, 5) is 23.6. The molecule has 1 N–H and O–H groups in total. The highest BCUT2D eigenvalue weighted by Gasteiger charge is 2.46. The quantitative estimate of drug-likeness (QED) is 0.854. The number of rotatable bonds is 3. The molecule has 0 unspecified atom stereocenters. The summed E-state index contributed by atoms with van der Waals surface area (Å²) in [7, 11) is 0. The number of hydrogen-bond donors (Lipinski definition) is 1. The van der Waals surface area contributed by atoms with Crippen LogP contribution in [0.3, 0.4) is 0 Å². The summed E-state index contributed by atoms with van der Waals surface area (Å²) in [5, 5.41) is 12.0. The second kappa shape index (κ2) is 5.34. The molecule has 8 heteroatoms. The average Bonchev–Trinajstić information content (AvgIpc) is 3.08. The van der Waals surface area contributed by atoms with Crippen LogP contribution in [0.5, 0.6) is 0 Å². The predicted octanol–water partition coefficient (Wildman–Crippen LogP) is 1.67. The molecule has 2 fully saturated rings. The number of hydrogen-bond acceptors (Lipinski definition) is 7. The molecule has 0 aromatic carbocycles. The van der Waals surface area contributed by atoms with Crippen LogP contribution in [0.25, 0.3) is 0 Å². The molecule has 1 aromatic heterocycles. The number of ether oxygens (including phenoxy) is 2. The van der Waals surface area contributed by atoms with E-state index >= 15 is 0 Å². The highest BCUT2D eigenvalue weighted by atomic mass is 32.1. The second-order valence-corrected chi connectivity index (χ2v) is 6.78. The number of carbonyl (C=O) groups excluding carboxylic acids is 2. The van der Waals surface area contributed by atoms with E-state index in [4.69, 9.17) is 9.47 Å². The SMILES string of the molecule is CC1(C)OC(=O)C[C@H]1C(=O)Nc1nnc([C@H]2CCCO2)s1. The van der Waals surface area contributed by atoms with Gasteiger partial charge in [0.1, 0.15) is 16.7 Å². The Balaban J connectivity index is 1.66. The Kier molecular flexibility index (Phi) is 3.66. The van der Waals surface area contributed by atoms with Crippen molar-refractivity contribution in [3.05, 3.63) is 5.01 Å². The van der Waals surface area contributed by atoms with E-state index in [2.05, 4.69) is 15.5 Å². The molecule has 114 valence electrons. The molecule has 3 heterocycles. The number of nitrogens with zero attached hydrogens (tertiary/aromatic N) is 2. The van der Waals surface area contributed by atoms with E-state index in [9.17, 15) is 9.59 Å². The lowest BCUT2D eigenvalue weighted by atomic mass is 9.90. The largest absolute Gasteiger partial charge is 0.459 e. The van der Waals surface area contributed by atoms with Crippen LogP contribution in [0.4, 0.5) is 5.13 Å². The number of cyclic esters (lactones) is 1. The fraction of sp³-hybridized carbons (Fsp3) is 0.692. The van der Waals surface area contributed by atoms with E-state index in [1.807, 2.05) is 0 Å². The molecule has 1 aromatic rings. The Morgan fingerprint density at radius 3 is 2.86 bits per heavy atom. The van der Waals surface area contributed by atoms with Crippen LogP contribution >= 0.6 is 11.3 Å². The molecule has 21 heavy (non-hydrogen) atoms. The highest BCUT2D eigenvalue weighted by molar-refractivity contribution is 7.15. The van der Waals surface area contributed by atoms with Gasteiger partial charge in [0.15, 0.2) is 0 Å². The van der Waals surface area contributed by atoms with Crippen molar-refractivity contribution < 1.29 is 19.1 Å². The molecule has 1 amide bonds. The molecule has 2 saturated heterocycles. The van der Waals surface area contributed by atoms with E-state index in [0.29, 0.717) is 5.13 Å². The van der Waals surface area contributed by atoms with Crippen LogP contribution < -0.4 is 5.32 Å². The fourth-order valence-electron chi connectivity index (χ4n) is 2.61. The standard InChI is InChI=1S/C13H17N3O4S/c1-13(2)7(6-9(17)20-13)10(18)14-12-16-15-11(21-12)8-4-3-5-19-8/h7-8H,3-6H2,1-2H3,(H,14,16,18)/t7-,8+/m0/s1. The van der Waals surface area contributed by atoms with Crippen molar-refractivity contribution in [2.75, 3.05) is 11.9 Å². The molecular formula is C13H17N3O4S. The summed E-state index contributed by atoms with van der Waals surface area (Å²) in [5.74, 6) is -1.13. The maximum Gasteiger partial charge on any atom is 0.307 e. The van der Waals surface area contributed by atoms with Gasteiger partial charge < -0.3 is 14.8 Å². The average molecular weight is 311 g/mol. The summed E-state index contributed by atoms with van der Waals surface area (Å²) in [5.41, 5.74) is -0.788. The zero-order valence-electron chi connectivity index (χ0n) is 11.9. The number of aromatic nitrogens is 2. The van der Waals surface area contributed by atoms with Gasteiger partial charge in [-0.3, -0.25) is 9.59 Å². The van der Waals surface area contributed by atoms with Crippen LogP contribution in [-0.4, -0.2) is 34.3 Å². The Morgan fingerprint density at radius 2 is 2.24 bits per heavy atom. The summed E-state index contributed by atoms with van der Waals surface area (Å²) in [6.45, 7) is 4.21. The molecule has 0 spiro atoms. The van der Waals surface area contributed by atoms with Crippen molar-refractivity contribution in [2.24, 2.45) is 5.92 Å². The lowest BCUT2D eigenvalue weighted by Gasteiger charge is -2.23. The lowest BCUT2D eigenvalue weighted by Crippen LogP contribution is -2.36. The third kappa shape index (κ3) is 2.91. The molecule has 0 saturated carbocycles. The van der Waals surface area contributed by atoms with E-state index in [1.54, 1.807) is 13.8 Å². The van der Waals surface area contributed by atoms with Crippen LogP contribution in [0.15, 0.2) is 0 Å². The van der Waals surface area contributed by atoms with E-state index < -0.39 is 11.5 Å². The normalized spacial score (nSPS) is 27.6. The summed E-state index contributed by atoms with van der Waals surface area (Å²) < 4.78 is 10.7. The van der Waals surface area contributed by atoms with Crippen molar-refractivity contribution in [3.8, 4) is 0 Å². The third-order valence-corrected chi connectivity index (χ3v) is 4.71. The Bertz CT molecular complexity index is 566. The lowest BCUT2D eigenvalue weighted by molar-refractivity contribution is -0.147. The molecule has 3 rings (SSSR count). The van der Waals surface area contributed by atoms with E-state index in [0.717, 1.165) is 24.5 Å². The van der Waals surface area contributed by atoms with Gasteiger partial charge >= 0.3 is 5.97 Å². The molecular weight excluding hydrogens is 294 g/mol. The van der Waals surface area contributed by atoms with Gasteiger partial charge in [-0.2, -0.15) is 0 Å². The van der Waals surface area contributed by atoms with Crippen molar-refractivity contribution in [2.45, 2.75) is 44.8 Å². The van der Waals surface area contributed by atoms with Gasteiger partial charge in [-0.05, 0) is 26.7 Å². The minimum atomic E-state index is -0.788. The van der Waals surface area contributed by atoms with E-state index in [-0.39, 0.29) is 24.4 Å². The van der Waals surface area contributed by atoms with Crippen molar-refractivity contribution in [1.82, 2.24) is 10.2 Å². The molecule has 0 bridgehead atoms. The molecule has 2 aliphatic heterocycles. The van der Waals surface area contributed by atoms with Crippen LogP contribution in [0, 0.1) is 5.92 Å². The zero-order valence-corrected chi connectivity index (χ0v) is 12.7. The smallest absolute Gasteiger partial charge is 0.307 e. The Morgan fingerprint density at radius 1 is 1.43 bits per heavy atom.